The average Bonchev–Trinajstić information content (AvgIpc) is 2.98. The van der Waals surface area contributed by atoms with Gasteiger partial charge in [-0.1, -0.05) is 36.4 Å². The van der Waals surface area contributed by atoms with Crippen LogP contribution in [-0.4, -0.2) is 18.3 Å². The van der Waals surface area contributed by atoms with Crippen LogP contribution in [0.15, 0.2) is 42.5 Å². The zero-order valence-corrected chi connectivity index (χ0v) is 11.8. The molecule has 2 aromatic carbocycles. The minimum atomic E-state index is -0.596. The molecule has 0 fully saturated rings. The summed E-state index contributed by atoms with van der Waals surface area (Å²) in [5.74, 6) is 1.73. The van der Waals surface area contributed by atoms with Gasteiger partial charge in [-0.2, -0.15) is 0 Å². The van der Waals surface area contributed by atoms with Gasteiger partial charge in [0.15, 0.2) is 0 Å². The molecule has 2 unspecified atom stereocenters. The van der Waals surface area contributed by atoms with Crippen LogP contribution in [0.3, 0.4) is 0 Å². The Labute approximate surface area is 124 Å². The van der Waals surface area contributed by atoms with Gasteiger partial charge in [0, 0.05) is 11.1 Å². The zero-order chi connectivity index (χ0) is 14.2. The monoisotopic (exact) mass is 282 g/mol. The Morgan fingerprint density at radius 3 is 2.90 bits per heavy atom. The summed E-state index contributed by atoms with van der Waals surface area (Å²) >= 11 is 0. The molecule has 0 aliphatic carbocycles. The fraction of sp³-hybridized carbons (Fsp3) is 0.333. The molecule has 2 aliphatic heterocycles. The van der Waals surface area contributed by atoms with E-state index < -0.39 is 6.10 Å². The first-order chi connectivity index (χ1) is 10.3. The van der Waals surface area contributed by atoms with Crippen LogP contribution in [0.25, 0.3) is 0 Å². The molecule has 0 saturated carbocycles. The van der Waals surface area contributed by atoms with Gasteiger partial charge in [-0.05, 0) is 24.5 Å². The Bertz CT molecular complexity index is 665. The molecule has 2 heterocycles. The second-order valence-electron chi connectivity index (χ2n) is 5.69. The first-order valence-electron chi connectivity index (χ1n) is 7.49. The summed E-state index contributed by atoms with van der Waals surface area (Å²) in [6.45, 7) is 1.25. The van der Waals surface area contributed by atoms with Crippen molar-refractivity contribution in [1.82, 2.24) is 0 Å². The normalized spacial score (nSPS) is 20.9. The summed E-state index contributed by atoms with van der Waals surface area (Å²) in [7, 11) is 0. The van der Waals surface area contributed by atoms with Gasteiger partial charge in [-0.3, -0.25) is 0 Å². The lowest BCUT2D eigenvalue weighted by Gasteiger charge is -2.25. The molecule has 0 radical (unpaired) electrons. The minimum Gasteiger partial charge on any atom is -0.493 e. The number of hydrogen-bond donors (Lipinski definition) is 1. The van der Waals surface area contributed by atoms with E-state index in [-0.39, 0.29) is 5.92 Å². The van der Waals surface area contributed by atoms with Crippen molar-refractivity contribution in [3.05, 3.63) is 59.2 Å². The van der Waals surface area contributed by atoms with Gasteiger partial charge in [-0.15, -0.1) is 0 Å². The number of hydrogen-bond acceptors (Lipinski definition) is 3. The van der Waals surface area contributed by atoms with Crippen molar-refractivity contribution >= 4 is 0 Å². The molecule has 2 atom stereocenters. The maximum Gasteiger partial charge on any atom is 0.128 e. The molecule has 3 heteroatoms. The molecule has 2 aliphatic rings. The Morgan fingerprint density at radius 1 is 1.05 bits per heavy atom. The zero-order valence-electron chi connectivity index (χ0n) is 11.8. The highest BCUT2D eigenvalue weighted by Crippen LogP contribution is 2.44. The highest BCUT2D eigenvalue weighted by atomic mass is 16.5. The lowest BCUT2D eigenvalue weighted by Crippen LogP contribution is -2.17. The van der Waals surface area contributed by atoms with Crippen molar-refractivity contribution in [2.24, 2.45) is 0 Å². The van der Waals surface area contributed by atoms with Crippen LogP contribution in [0.1, 0.15) is 35.1 Å². The summed E-state index contributed by atoms with van der Waals surface area (Å²) in [6.07, 6.45) is 1.47. The maximum atomic E-state index is 10.9. The Hall–Kier alpha value is -2.00. The fourth-order valence-electron chi connectivity index (χ4n) is 3.31. The third-order valence-corrected chi connectivity index (χ3v) is 4.40. The Balaban J connectivity index is 1.72. The number of para-hydroxylation sites is 2. The number of ether oxygens (including phenoxy) is 2. The number of aliphatic hydroxyl groups is 1. The Kier molecular flexibility index (Phi) is 3.08. The molecule has 21 heavy (non-hydrogen) atoms. The van der Waals surface area contributed by atoms with Gasteiger partial charge >= 0.3 is 0 Å². The van der Waals surface area contributed by atoms with Gasteiger partial charge in [0.05, 0.1) is 25.2 Å². The average molecular weight is 282 g/mol. The predicted molar refractivity (Wildman–Crippen MR) is 79.9 cm³/mol. The van der Waals surface area contributed by atoms with E-state index >= 15 is 0 Å². The van der Waals surface area contributed by atoms with E-state index in [9.17, 15) is 5.11 Å². The molecule has 0 amide bonds. The van der Waals surface area contributed by atoms with Crippen LogP contribution in [0.2, 0.25) is 0 Å². The summed E-state index contributed by atoms with van der Waals surface area (Å²) in [6, 6.07) is 14.0. The van der Waals surface area contributed by atoms with Crippen molar-refractivity contribution < 1.29 is 14.6 Å². The first-order valence-corrected chi connectivity index (χ1v) is 7.49. The summed E-state index contributed by atoms with van der Waals surface area (Å²) in [5.41, 5.74) is 3.17. The molecule has 0 spiro atoms. The van der Waals surface area contributed by atoms with Crippen LogP contribution >= 0.6 is 0 Å². The van der Waals surface area contributed by atoms with Crippen LogP contribution in [0.4, 0.5) is 0 Å². The SMILES string of the molecule is OC(c1cccc2c1OCCC2)C1COc2ccccc21. The van der Waals surface area contributed by atoms with Crippen LogP contribution in [0.5, 0.6) is 11.5 Å². The van der Waals surface area contributed by atoms with E-state index in [1.165, 1.54) is 5.56 Å². The summed E-state index contributed by atoms with van der Waals surface area (Å²) in [4.78, 5) is 0. The number of aliphatic hydroxyl groups excluding tert-OH is 1. The van der Waals surface area contributed by atoms with E-state index in [2.05, 4.69) is 6.07 Å². The molecular formula is C18H18O3. The van der Waals surface area contributed by atoms with Gasteiger partial charge in [0.25, 0.3) is 0 Å². The quantitative estimate of drug-likeness (QED) is 0.919. The van der Waals surface area contributed by atoms with E-state index in [1.807, 2.05) is 36.4 Å². The molecule has 4 rings (SSSR count). The minimum absolute atomic E-state index is 0.0294. The van der Waals surface area contributed by atoms with Crippen molar-refractivity contribution in [3.8, 4) is 11.5 Å². The third kappa shape index (κ3) is 2.09. The predicted octanol–water partition coefficient (Wildman–Crippen LogP) is 3.22. The van der Waals surface area contributed by atoms with Gasteiger partial charge in [-0.25, -0.2) is 0 Å². The second-order valence-corrected chi connectivity index (χ2v) is 5.69. The Morgan fingerprint density at radius 2 is 1.95 bits per heavy atom. The number of aryl methyl sites for hydroxylation is 1. The molecule has 0 aromatic heterocycles. The molecule has 108 valence electrons. The molecule has 0 saturated heterocycles. The van der Waals surface area contributed by atoms with Crippen molar-refractivity contribution in [2.45, 2.75) is 24.9 Å². The van der Waals surface area contributed by atoms with Crippen molar-refractivity contribution in [2.75, 3.05) is 13.2 Å². The van der Waals surface area contributed by atoms with Gasteiger partial charge in [0.1, 0.15) is 11.5 Å². The summed E-state index contributed by atoms with van der Waals surface area (Å²) < 4.78 is 11.5. The van der Waals surface area contributed by atoms with Crippen molar-refractivity contribution in [1.29, 1.82) is 0 Å². The smallest absolute Gasteiger partial charge is 0.128 e. The van der Waals surface area contributed by atoms with Crippen LogP contribution in [0, 0.1) is 0 Å². The molecule has 1 N–H and O–H groups in total. The lowest BCUT2D eigenvalue weighted by atomic mass is 9.88. The van der Waals surface area contributed by atoms with Crippen LogP contribution in [-0.2, 0) is 6.42 Å². The largest absolute Gasteiger partial charge is 0.493 e. The molecule has 0 bridgehead atoms. The lowest BCUT2D eigenvalue weighted by molar-refractivity contribution is 0.125. The third-order valence-electron chi connectivity index (χ3n) is 4.40. The van der Waals surface area contributed by atoms with E-state index in [4.69, 9.17) is 9.47 Å². The topological polar surface area (TPSA) is 38.7 Å². The maximum absolute atomic E-state index is 10.9. The van der Waals surface area contributed by atoms with Gasteiger partial charge in [0.2, 0.25) is 0 Å². The first kappa shape index (κ1) is 12.7. The highest BCUT2D eigenvalue weighted by molar-refractivity contribution is 5.47. The standard InChI is InChI=1S/C18H18O3/c19-17(15-11-21-16-9-2-1-7-13(15)16)14-8-3-5-12-6-4-10-20-18(12)14/h1-3,5,7-9,15,17,19H,4,6,10-11H2. The highest BCUT2D eigenvalue weighted by Gasteiger charge is 2.33. The van der Waals surface area contributed by atoms with Crippen LogP contribution < -0.4 is 9.47 Å². The van der Waals surface area contributed by atoms with E-state index in [0.717, 1.165) is 42.1 Å². The van der Waals surface area contributed by atoms with E-state index in [1.54, 1.807) is 0 Å². The number of benzene rings is 2. The number of fused-ring (bicyclic) bond motifs is 2. The fourth-order valence-corrected chi connectivity index (χ4v) is 3.31. The van der Waals surface area contributed by atoms with E-state index in [0.29, 0.717) is 6.61 Å². The van der Waals surface area contributed by atoms with Crippen molar-refractivity contribution in [3.63, 3.8) is 0 Å². The molecular weight excluding hydrogens is 264 g/mol. The number of rotatable bonds is 2. The van der Waals surface area contributed by atoms with Gasteiger partial charge < -0.3 is 14.6 Å². The second kappa shape index (κ2) is 5.08. The molecule has 2 aromatic rings. The summed E-state index contributed by atoms with van der Waals surface area (Å²) in [5, 5.41) is 10.9. The molecule has 3 nitrogen and oxygen atoms in total.